The van der Waals surface area contributed by atoms with E-state index >= 15 is 0 Å². The Kier molecular flexibility index (Phi) is 5.70. The average molecular weight is 313 g/mol. The molecule has 1 fully saturated rings. The maximum Gasteiger partial charge on any atom is 0.137 e. The number of rotatable bonds is 7. The average Bonchev–Trinajstić information content (AvgIpc) is 3.11. The van der Waals surface area contributed by atoms with Crippen LogP contribution in [0.15, 0.2) is 36.7 Å². The molecule has 4 nitrogen and oxygen atoms in total. The van der Waals surface area contributed by atoms with Crippen molar-refractivity contribution in [2.75, 3.05) is 26.7 Å². The smallest absolute Gasteiger partial charge is 0.137 e. The van der Waals surface area contributed by atoms with Crippen LogP contribution in [-0.4, -0.2) is 41.6 Å². The number of likely N-dealkylation sites (tertiary alicyclic amines) is 1. The van der Waals surface area contributed by atoms with Crippen molar-refractivity contribution in [1.82, 2.24) is 14.9 Å². The Morgan fingerprint density at radius 2 is 2.13 bits per heavy atom. The monoisotopic (exact) mass is 313 g/mol. The molecule has 1 N–H and O–H groups in total. The second-order valence-corrected chi connectivity index (χ2v) is 6.56. The molecule has 0 saturated carbocycles. The van der Waals surface area contributed by atoms with E-state index in [-0.39, 0.29) is 0 Å². The highest BCUT2D eigenvalue weighted by Crippen LogP contribution is 2.23. The molecule has 0 aliphatic carbocycles. The third-order valence-electron chi connectivity index (χ3n) is 4.72. The quantitative estimate of drug-likeness (QED) is 0.786. The predicted molar refractivity (Wildman–Crippen MR) is 93.6 cm³/mol. The van der Waals surface area contributed by atoms with Crippen molar-refractivity contribution in [3.63, 3.8) is 0 Å². The topological polar surface area (TPSA) is 41.1 Å². The Morgan fingerprint density at radius 3 is 2.91 bits per heavy atom. The van der Waals surface area contributed by atoms with Gasteiger partial charge < -0.3 is 14.6 Å². The number of unbranched alkanes of at least 4 members (excludes halogenated alkanes) is 1. The van der Waals surface area contributed by atoms with Crippen LogP contribution in [0.4, 0.5) is 0 Å². The number of H-pyrrole nitrogens is 1. The molecule has 2 heterocycles. The van der Waals surface area contributed by atoms with Gasteiger partial charge in [0, 0.05) is 18.0 Å². The zero-order chi connectivity index (χ0) is 15.9. The van der Waals surface area contributed by atoms with Crippen LogP contribution in [0.3, 0.4) is 0 Å². The van der Waals surface area contributed by atoms with Crippen molar-refractivity contribution in [2.45, 2.75) is 32.1 Å². The molecule has 1 aliphatic rings. The summed E-state index contributed by atoms with van der Waals surface area (Å²) in [7, 11) is 2.22. The number of ether oxygens (including phenoxy) is 1. The number of piperidine rings is 1. The Morgan fingerprint density at radius 1 is 1.26 bits per heavy atom. The lowest BCUT2D eigenvalue weighted by atomic mass is 9.92. The van der Waals surface area contributed by atoms with Gasteiger partial charge in [0.2, 0.25) is 0 Å². The minimum atomic E-state index is 0.800. The molecule has 0 unspecified atom stereocenters. The molecule has 0 spiro atoms. The second kappa shape index (κ2) is 8.16. The van der Waals surface area contributed by atoms with Crippen molar-refractivity contribution in [1.29, 1.82) is 0 Å². The van der Waals surface area contributed by atoms with E-state index < -0.39 is 0 Å². The van der Waals surface area contributed by atoms with Gasteiger partial charge >= 0.3 is 0 Å². The summed E-state index contributed by atoms with van der Waals surface area (Å²) in [5.41, 5.74) is 1.07. The molecule has 0 atom stereocenters. The molecule has 1 aromatic carbocycles. The summed E-state index contributed by atoms with van der Waals surface area (Å²) in [6.45, 7) is 3.33. The van der Waals surface area contributed by atoms with Gasteiger partial charge in [0.1, 0.15) is 11.6 Å². The largest absolute Gasteiger partial charge is 0.494 e. The van der Waals surface area contributed by atoms with Gasteiger partial charge in [-0.3, -0.25) is 0 Å². The summed E-state index contributed by atoms with van der Waals surface area (Å²) >= 11 is 0. The normalized spacial score (nSPS) is 16.6. The van der Waals surface area contributed by atoms with Crippen LogP contribution in [-0.2, 0) is 0 Å². The number of hydrogen-bond acceptors (Lipinski definition) is 3. The van der Waals surface area contributed by atoms with Crippen LogP contribution < -0.4 is 4.74 Å². The number of benzene rings is 1. The minimum Gasteiger partial charge on any atom is -0.494 e. The van der Waals surface area contributed by atoms with Gasteiger partial charge in [0.05, 0.1) is 6.61 Å². The molecule has 4 heteroatoms. The standard InChI is InChI=1S/C19H27N3O/c1-22-12-8-16(9-13-22)5-2-3-14-23-18-7-4-6-17(15-18)19-20-10-11-21-19/h4,6-7,10-11,15-16H,2-3,5,8-9,12-14H2,1H3,(H,20,21). The van der Waals surface area contributed by atoms with Gasteiger partial charge in [-0.25, -0.2) is 4.98 Å². The molecule has 23 heavy (non-hydrogen) atoms. The number of imidazole rings is 1. The maximum atomic E-state index is 5.90. The first kappa shape index (κ1) is 16.1. The Bertz CT molecular complexity index is 574. The first-order chi connectivity index (χ1) is 11.3. The second-order valence-electron chi connectivity index (χ2n) is 6.56. The van der Waals surface area contributed by atoms with Crippen molar-refractivity contribution in [3.05, 3.63) is 36.7 Å². The van der Waals surface area contributed by atoms with Crippen LogP contribution in [0, 0.1) is 5.92 Å². The predicted octanol–water partition coefficient (Wildman–Crippen LogP) is 3.97. The number of nitrogens with zero attached hydrogens (tertiary/aromatic N) is 2. The van der Waals surface area contributed by atoms with E-state index in [1.54, 1.807) is 6.20 Å². The molecule has 2 aromatic rings. The molecule has 1 aliphatic heterocycles. The lowest BCUT2D eigenvalue weighted by Crippen LogP contribution is -2.30. The van der Waals surface area contributed by atoms with Crippen LogP contribution in [0.1, 0.15) is 32.1 Å². The van der Waals surface area contributed by atoms with E-state index in [4.69, 9.17) is 4.74 Å². The Hall–Kier alpha value is -1.81. The Balaban J connectivity index is 1.37. The van der Waals surface area contributed by atoms with E-state index in [0.29, 0.717) is 0 Å². The third-order valence-corrected chi connectivity index (χ3v) is 4.72. The molecule has 1 saturated heterocycles. The van der Waals surface area contributed by atoms with E-state index in [2.05, 4.69) is 28.0 Å². The summed E-state index contributed by atoms with van der Waals surface area (Å²) in [4.78, 5) is 9.84. The summed E-state index contributed by atoms with van der Waals surface area (Å²) < 4.78 is 5.90. The van der Waals surface area contributed by atoms with Crippen molar-refractivity contribution >= 4 is 0 Å². The van der Waals surface area contributed by atoms with E-state index in [0.717, 1.165) is 36.1 Å². The molecule has 124 valence electrons. The first-order valence-corrected chi connectivity index (χ1v) is 8.72. The maximum absolute atomic E-state index is 5.90. The molecule has 3 rings (SSSR count). The zero-order valence-electron chi connectivity index (χ0n) is 14.0. The summed E-state index contributed by atoms with van der Waals surface area (Å²) in [5, 5.41) is 0. The first-order valence-electron chi connectivity index (χ1n) is 8.72. The van der Waals surface area contributed by atoms with Gasteiger partial charge in [-0.15, -0.1) is 0 Å². The van der Waals surface area contributed by atoms with Crippen molar-refractivity contribution in [3.8, 4) is 17.1 Å². The summed E-state index contributed by atoms with van der Waals surface area (Å²) in [6.07, 6.45) is 10.1. The van der Waals surface area contributed by atoms with Crippen LogP contribution in [0.5, 0.6) is 5.75 Å². The van der Waals surface area contributed by atoms with Gasteiger partial charge in [0.25, 0.3) is 0 Å². The highest BCUT2D eigenvalue weighted by Gasteiger charge is 2.15. The molecular formula is C19H27N3O. The van der Waals surface area contributed by atoms with Gasteiger partial charge in [-0.1, -0.05) is 18.6 Å². The van der Waals surface area contributed by atoms with E-state index in [9.17, 15) is 0 Å². The number of nitrogens with one attached hydrogen (secondary N) is 1. The number of aromatic nitrogens is 2. The number of aromatic amines is 1. The van der Waals surface area contributed by atoms with Gasteiger partial charge in [-0.05, 0) is 63.9 Å². The molecule has 0 amide bonds. The van der Waals surface area contributed by atoms with Crippen LogP contribution >= 0.6 is 0 Å². The lowest BCUT2D eigenvalue weighted by molar-refractivity contribution is 0.206. The Labute approximate surface area is 138 Å². The highest BCUT2D eigenvalue weighted by molar-refractivity contribution is 5.57. The van der Waals surface area contributed by atoms with Crippen molar-refractivity contribution in [2.24, 2.45) is 5.92 Å². The van der Waals surface area contributed by atoms with Gasteiger partial charge in [0.15, 0.2) is 0 Å². The van der Waals surface area contributed by atoms with Gasteiger partial charge in [-0.2, -0.15) is 0 Å². The summed E-state index contributed by atoms with van der Waals surface area (Å²) in [5.74, 6) is 2.74. The SMILES string of the molecule is CN1CCC(CCCCOc2cccc(-c3ncc[nH]3)c2)CC1. The van der Waals surface area contributed by atoms with Crippen LogP contribution in [0.25, 0.3) is 11.4 Å². The molecular weight excluding hydrogens is 286 g/mol. The van der Waals surface area contributed by atoms with Crippen LogP contribution in [0.2, 0.25) is 0 Å². The molecule has 0 radical (unpaired) electrons. The molecule has 1 aromatic heterocycles. The molecule has 0 bridgehead atoms. The number of hydrogen-bond donors (Lipinski definition) is 1. The zero-order valence-corrected chi connectivity index (χ0v) is 14.0. The summed E-state index contributed by atoms with van der Waals surface area (Å²) in [6, 6.07) is 8.14. The highest BCUT2D eigenvalue weighted by atomic mass is 16.5. The fourth-order valence-corrected chi connectivity index (χ4v) is 3.23. The third kappa shape index (κ3) is 4.83. The minimum absolute atomic E-state index is 0.800. The lowest BCUT2D eigenvalue weighted by Gasteiger charge is -2.28. The fraction of sp³-hybridized carbons (Fsp3) is 0.526. The fourth-order valence-electron chi connectivity index (χ4n) is 3.23. The van der Waals surface area contributed by atoms with Crippen molar-refractivity contribution < 1.29 is 4.74 Å². The van der Waals surface area contributed by atoms with E-state index in [1.165, 1.54) is 38.8 Å². The van der Waals surface area contributed by atoms with E-state index in [1.807, 2.05) is 24.4 Å².